The Morgan fingerprint density at radius 1 is 1.06 bits per heavy atom. The lowest BCUT2D eigenvalue weighted by Gasteiger charge is -2.06. The molecule has 0 aliphatic carbocycles. The van der Waals surface area contributed by atoms with E-state index in [-0.39, 0.29) is 0 Å². The molecule has 2 aromatic rings. The van der Waals surface area contributed by atoms with Gasteiger partial charge in [0, 0.05) is 12.1 Å². The number of nitrogens with two attached hydrogens (primary N) is 3. The number of rotatable bonds is 2. The van der Waals surface area contributed by atoms with Crippen LogP contribution in [0, 0.1) is 3.70 Å². The molecule has 6 N–H and O–H groups in total. The van der Waals surface area contributed by atoms with Gasteiger partial charge in [-0.2, -0.15) is 0 Å². The van der Waals surface area contributed by atoms with Gasteiger partial charge in [0.15, 0.2) is 11.6 Å². The lowest BCUT2D eigenvalue weighted by Crippen LogP contribution is -2.04. The fourth-order valence-electron chi connectivity index (χ4n) is 1.38. The van der Waals surface area contributed by atoms with Gasteiger partial charge in [-0.25, -0.2) is 9.97 Å². The molecular formula is C11H12IN5. The van der Waals surface area contributed by atoms with Crippen molar-refractivity contribution in [1.29, 1.82) is 0 Å². The number of aromatic nitrogens is 2. The highest BCUT2D eigenvalue weighted by Crippen LogP contribution is 2.23. The largest absolute Gasteiger partial charge is 0.394 e. The van der Waals surface area contributed by atoms with Crippen molar-refractivity contribution >= 4 is 34.1 Å². The Labute approximate surface area is 113 Å². The third-order valence-electron chi connectivity index (χ3n) is 2.38. The molecule has 1 aromatic heterocycles. The van der Waals surface area contributed by atoms with Crippen LogP contribution in [-0.4, -0.2) is 9.97 Å². The number of halogens is 1. The zero-order valence-corrected chi connectivity index (χ0v) is 11.2. The average Bonchev–Trinajstić information content (AvgIpc) is 2.35. The van der Waals surface area contributed by atoms with Crippen molar-refractivity contribution in [3.8, 4) is 11.4 Å². The maximum atomic E-state index is 5.71. The Balaban J connectivity index is 2.45. The summed E-state index contributed by atoms with van der Waals surface area (Å²) in [5, 5.41) is 0. The highest BCUT2D eigenvalue weighted by Gasteiger charge is 2.08. The van der Waals surface area contributed by atoms with Crippen LogP contribution in [0.25, 0.3) is 11.4 Å². The van der Waals surface area contributed by atoms with E-state index < -0.39 is 0 Å². The maximum Gasteiger partial charge on any atom is 0.162 e. The van der Waals surface area contributed by atoms with Crippen LogP contribution in [0.1, 0.15) is 5.56 Å². The van der Waals surface area contributed by atoms with Gasteiger partial charge >= 0.3 is 0 Å². The molecule has 0 amide bonds. The molecule has 0 radical (unpaired) electrons. The Hall–Kier alpha value is -1.41. The summed E-state index contributed by atoms with van der Waals surface area (Å²) in [4.78, 5) is 8.46. The van der Waals surface area contributed by atoms with Gasteiger partial charge in [0.1, 0.15) is 9.39 Å². The van der Waals surface area contributed by atoms with Gasteiger partial charge in [0.25, 0.3) is 0 Å². The fraction of sp³-hybridized carbons (Fsp3) is 0.0909. The second-order valence-corrected chi connectivity index (χ2v) is 4.56. The molecule has 0 atom stereocenters. The minimum absolute atomic E-state index is 0.308. The second-order valence-electron chi connectivity index (χ2n) is 3.54. The molecule has 6 heteroatoms. The first-order chi connectivity index (χ1) is 8.11. The first-order valence-corrected chi connectivity index (χ1v) is 6.07. The van der Waals surface area contributed by atoms with Crippen molar-refractivity contribution in [1.82, 2.24) is 9.97 Å². The van der Waals surface area contributed by atoms with E-state index in [1.54, 1.807) is 0 Å². The number of hydrogen-bond acceptors (Lipinski definition) is 5. The van der Waals surface area contributed by atoms with Gasteiger partial charge in [-0.1, -0.05) is 24.3 Å². The summed E-state index contributed by atoms with van der Waals surface area (Å²) in [6.07, 6.45) is 0. The van der Waals surface area contributed by atoms with Gasteiger partial charge in [0.05, 0.1) is 0 Å². The molecule has 0 bridgehead atoms. The van der Waals surface area contributed by atoms with E-state index in [0.717, 1.165) is 11.1 Å². The van der Waals surface area contributed by atoms with Crippen LogP contribution in [-0.2, 0) is 6.54 Å². The van der Waals surface area contributed by atoms with E-state index in [9.17, 15) is 0 Å². The van der Waals surface area contributed by atoms with E-state index in [2.05, 4.69) is 9.97 Å². The summed E-state index contributed by atoms with van der Waals surface area (Å²) >= 11 is 2.04. The molecule has 88 valence electrons. The highest BCUT2D eigenvalue weighted by atomic mass is 127. The Morgan fingerprint density at radius 2 is 1.71 bits per heavy atom. The smallest absolute Gasteiger partial charge is 0.162 e. The predicted molar refractivity (Wildman–Crippen MR) is 76.9 cm³/mol. The number of benzene rings is 1. The molecule has 0 aliphatic heterocycles. The van der Waals surface area contributed by atoms with Crippen LogP contribution >= 0.6 is 22.6 Å². The van der Waals surface area contributed by atoms with E-state index >= 15 is 0 Å². The number of anilines is 2. The second kappa shape index (κ2) is 4.84. The van der Waals surface area contributed by atoms with E-state index in [1.807, 2.05) is 46.9 Å². The minimum atomic E-state index is 0.308. The van der Waals surface area contributed by atoms with Gasteiger partial charge in [-0.05, 0) is 28.2 Å². The minimum Gasteiger partial charge on any atom is -0.394 e. The first kappa shape index (κ1) is 12.1. The van der Waals surface area contributed by atoms with E-state index in [4.69, 9.17) is 17.2 Å². The molecule has 1 aromatic carbocycles. The molecular weight excluding hydrogens is 329 g/mol. The zero-order chi connectivity index (χ0) is 12.4. The van der Waals surface area contributed by atoms with Crippen LogP contribution in [0.5, 0.6) is 0 Å². The van der Waals surface area contributed by atoms with Crippen molar-refractivity contribution in [3.63, 3.8) is 0 Å². The number of hydrogen-bond donors (Lipinski definition) is 3. The van der Waals surface area contributed by atoms with Crippen LogP contribution in [0.3, 0.4) is 0 Å². The normalized spacial score (nSPS) is 10.5. The number of nitrogens with zero attached hydrogens (tertiary/aromatic N) is 2. The van der Waals surface area contributed by atoms with Gasteiger partial charge in [-0.15, -0.1) is 0 Å². The SMILES string of the molecule is NCc1ccc(-c2nc(N)c(N)c(I)n2)cc1. The standard InChI is InChI=1S/C11H12IN5/c12-9-8(14)10(15)17-11(16-9)7-3-1-6(5-13)2-4-7/h1-4H,5,13-14H2,(H2,15,16,17). The molecule has 5 nitrogen and oxygen atoms in total. The summed E-state index contributed by atoms with van der Waals surface area (Å²) in [6, 6.07) is 7.72. The summed E-state index contributed by atoms with van der Waals surface area (Å²) < 4.78 is 0.660. The quantitative estimate of drug-likeness (QED) is 0.565. The summed E-state index contributed by atoms with van der Waals surface area (Å²) in [5.74, 6) is 0.881. The van der Waals surface area contributed by atoms with Gasteiger partial charge in [-0.3, -0.25) is 0 Å². The lowest BCUT2D eigenvalue weighted by atomic mass is 10.1. The molecule has 1 heterocycles. The van der Waals surface area contributed by atoms with Crippen molar-refractivity contribution in [3.05, 3.63) is 33.5 Å². The Bertz CT molecular complexity index is 515. The molecule has 0 saturated heterocycles. The summed E-state index contributed by atoms with van der Waals surface area (Å²) in [6.45, 7) is 0.516. The van der Waals surface area contributed by atoms with Crippen LogP contribution < -0.4 is 17.2 Å². The monoisotopic (exact) mass is 341 g/mol. The Morgan fingerprint density at radius 3 is 2.24 bits per heavy atom. The molecule has 2 rings (SSSR count). The van der Waals surface area contributed by atoms with Crippen molar-refractivity contribution in [2.45, 2.75) is 6.54 Å². The molecule has 0 spiro atoms. The molecule has 0 aliphatic rings. The first-order valence-electron chi connectivity index (χ1n) is 4.99. The van der Waals surface area contributed by atoms with Crippen LogP contribution in [0.2, 0.25) is 0 Å². The van der Waals surface area contributed by atoms with E-state index in [0.29, 0.717) is 27.6 Å². The zero-order valence-electron chi connectivity index (χ0n) is 9.02. The molecule has 0 saturated carbocycles. The van der Waals surface area contributed by atoms with Gasteiger partial charge < -0.3 is 17.2 Å². The summed E-state index contributed by atoms with van der Waals surface area (Å²) in [5.41, 5.74) is 19.3. The van der Waals surface area contributed by atoms with Crippen molar-refractivity contribution < 1.29 is 0 Å². The predicted octanol–water partition coefficient (Wildman–Crippen LogP) is 1.37. The third-order valence-corrected chi connectivity index (χ3v) is 3.20. The number of nitrogen functional groups attached to an aromatic ring is 2. The fourth-order valence-corrected chi connectivity index (χ4v) is 1.88. The topological polar surface area (TPSA) is 104 Å². The molecule has 0 fully saturated rings. The average molecular weight is 341 g/mol. The van der Waals surface area contributed by atoms with Crippen molar-refractivity contribution in [2.24, 2.45) is 5.73 Å². The molecule has 0 unspecified atom stereocenters. The van der Waals surface area contributed by atoms with Crippen LogP contribution in [0.15, 0.2) is 24.3 Å². The highest BCUT2D eigenvalue weighted by molar-refractivity contribution is 14.1. The van der Waals surface area contributed by atoms with E-state index in [1.165, 1.54) is 0 Å². The van der Waals surface area contributed by atoms with Crippen molar-refractivity contribution in [2.75, 3.05) is 11.5 Å². The lowest BCUT2D eigenvalue weighted by molar-refractivity contribution is 1.07. The third kappa shape index (κ3) is 2.47. The molecule has 17 heavy (non-hydrogen) atoms. The Kier molecular flexibility index (Phi) is 3.43. The maximum absolute atomic E-state index is 5.71. The van der Waals surface area contributed by atoms with Crippen LogP contribution in [0.4, 0.5) is 11.5 Å². The summed E-state index contributed by atoms with van der Waals surface area (Å²) in [7, 11) is 0. The van der Waals surface area contributed by atoms with Gasteiger partial charge in [0.2, 0.25) is 0 Å².